The van der Waals surface area contributed by atoms with Crippen LogP contribution in [0.25, 0.3) is 0 Å². The van der Waals surface area contributed by atoms with Crippen LogP contribution in [-0.2, 0) is 25.5 Å². The molecule has 1 fully saturated rings. The Morgan fingerprint density at radius 1 is 1.22 bits per heavy atom. The van der Waals surface area contributed by atoms with E-state index in [2.05, 4.69) is 0 Å². The first-order valence-corrected chi connectivity index (χ1v) is 9.36. The third kappa shape index (κ3) is 7.74. The summed E-state index contributed by atoms with van der Waals surface area (Å²) >= 11 is 0. The first-order chi connectivity index (χ1) is 13.1. The second kappa shape index (κ2) is 11.3. The van der Waals surface area contributed by atoms with Gasteiger partial charge in [-0.1, -0.05) is 42.5 Å². The fraction of sp³-hybridized carbons (Fsp3) is 0.476. The lowest BCUT2D eigenvalue weighted by atomic mass is 9.95. The minimum absolute atomic E-state index is 0.0792. The molecule has 6 heteroatoms. The van der Waals surface area contributed by atoms with Crippen LogP contribution in [0.5, 0.6) is 0 Å². The number of nitrogens with zero attached hydrogens (tertiary/aromatic N) is 1. The summed E-state index contributed by atoms with van der Waals surface area (Å²) in [6.07, 6.45) is 7.44. The highest BCUT2D eigenvalue weighted by Crippen LogP contribution is 2.22. The molecule has 1 aromatic carbocycles. The highest BCUT2D eigenvalue weighted by atomic mass is 16.5. The number of piperidine rings is 1. The summed E-state index contributed by atoms with van der Waals surface area (Å²) in [7, 11) is 0. The van der Waals surface area contributed by atoms with Crippen LogP contribution in [0.3, 0.4) is 0 Å². The highest BCUT2D eigenvalue weighted by molar-refractivity contribution is 5.81. The van der Waals surface area contributed by atoms with Crippen LogP contribution in [0.1, 0.15) is 37.7 Å². The van der Waals surface area contributed by atoms with E-state index in [1.54, 1.807) is 6.08 Å². The third-order valence-corrected chi connectivity index (χ3v) is 4.60. The van der Waals surface area contributed by atoms with Gasteiger partial charge in [0.1, 0.15) is 12.4 Å². The fourth-order valence-electron chi connectivity index (χ4n) is 3.25. The van der Waals surface area contributed by atoms with E-state index in [1.165, 1.54) is 0 Å². The third-order valence-electron chi connectivity index (χ3n) is 4.60. The van der Waals surface area contributed by atoms with Crippen molar-refractivity contribution >= 4 is 17.7 Å². The summed E-state index contributed by atoms with van der Waals surface area (Å²) in [6, 6.07) is 9.76. The number of carboxylic acid groups (broad SMARTS) is 1. The number of carboxylic acids is 1. The summed E-state index contributed by atoms with van der Waals surface area (Å²) in [5, 5.41) is 8.51. The molecular weight excluding hydrogens is 346 g/mol. The SMILES string of the molecule is O=C(O)COCC=CCN1C(=O)CCC[C@@H]1CCC(=O)Cc1ccccc1. The van der Waals surface area contributed by atoms with Gasteiger partial charge in [0.15, 0.2) is 0 Å². The van der Waals surface area contributed by atoms with Crippen molar-refractivity contribution in [3.63, 3.8) is 0 Å². The Balaban J connectivity index is 1.78. The molecule has 1 heterocycles. The van der Waals surface area contributed by atoms with Crippen LogP contribution in [0, 0.1) is 0 Å². The standard InChI is InChI=1S/C21H27NO5/c23-19(15-17-7-2-1-3-8-17)12-11-18-9-6-10-20(24)22(18)13-4-5-14-27-16-21(25)26/h1-5,7-8,18H,6,9-16H2,(H,25,26)/t18-/m1/s1. The van der Waals surface area contributed by atoms with Crippen LogP contribution < -0.4 is 0 Å². The summed E-state index contributed by atoms with van der Waals surface area (Å²) in [4.78, 5) is 36.7. The number of amides is 1. The van der Waals surface area contributed by atoms with Gasteiger partial charge in [0, 0.05) is 31.8 Å². The van der Waals surface area contributed by atoms with Crippen molar-refractivity contribution in [2.75, 3.05) is 19.8 Å². The molecule has 1 aromatic rings. The topological polar surface area (TPSA) is 83.9 Å². The quantitative estimate of drug-likeness (QED) is 0.476. The number of ether oxygens (including phenoxy) is 1. The Labute approximate surface area is 159 Å². The maximum Gasteiger partial charge on any atom is 0.329 e. The summed E-state index contributed by atoms with van der Waals surface area (Å²) in [5.41, 5.74) is 1.02. The summed E-state index contributed by atoms with van der Waals surface area (Å²) < 4.78 is 4.94. The Kier molecular flexibility index (Phi) is 8.71. The zero-order valence-corrected chi connectivity index (χ0v) is 15.5. The Bertz CT molecular complexity index is 656. The van der Waals surface area contributed by atoms with Gasteiger partial charge in [-0.15, -0.1) is 0 Å². The lowest BCUT2D eigenvalue weighted by Gasteiger charge is -2.35. The van der Waals surface area contributed by atoms with Crippen molar-refractivity contribution < 1.29 is 24.2 Å². The lowest BCUT2D eigenvalue weighted by molar-refractivity contribution is -0.141. The fourth-order valence-corrected chi connectivity index (χ4v) is 3.25. The molecule has 0 saturated carbocycles. The van der Waals surface area contributed by atoms with Gasteiger partial charge in [0.25, 0.3) is 0 Å². The van der Waals surface area contributed by atoms with Gasteiger partial charge in [0.05, 0.1) is 6.61 Å². The van der Waals surface area contributed by atoms with Crippen molar-refractivity contribution in [1.29, 1.82) is 0 Å². The molecule has 0 aromatic heterocycles. The molecule has 146 valence electrons. The maximum atomic E-state index is 12.2. The number of carbonyl (C=O) groups excluding carboxylic acids is 2. The number of Topliss-reactive ketones (excluding diaryl/α,β-unsaturated/α-hetero) is 1. The minimum atomic E-state index is -1.00. The largest absolute Gasteiger partial charge is 0.480 e. The Morgan fingerprint density at radius 3 is 2.74 bits per heavy atom. The van der Waals surface area contributed by atoms with Gasteiger partial charge >= 0.3 is 5.97 Å². The van der Waals surface area contributed by atoms with E-state index < -0.39 is 5.97 Å². The number of hydrogen-bond donors (Lipinski definition) is 1. The van der Waals surface area contributed by atoms with Crippen LogP contribution in [-0.4, -0.2) is 53.5 Å². The number of likely N-dealkylation sites (tertiary alicyclic amines) is 1. The molecule has 0 spiro atoms. The van der Waals surface area contributed by atoms with E-state index in [9.17, 15) is 14.4 Å². The molecule has 1 N–H and O–H groups in total. The van der Waals surface area contributed by atoms with E-state index in [1.807, 2.05) is 41.3 Å². The Hall–Kier alpha value is -2.47. The number of hydrogen-bond acceptors (Lipinski definition) is 4. The molecular formula is C21H27NO5. The average molecular weight is 373 g/mol. The second-order valence-electron chi connectivity index (χ2n) is 6.71. The molecule has 1 aliphatic heterocycles. The first kappa shape index (κ1) is 20.8. The van der Waals surface area contributed by atoms with Gasteiger partial charge < -0.3 is 14.7 Å². The van der Waals surface area contributed by atoms with E-state index in [0.717, 1.165) is 18.4 Å². The van der Waals surface area contributed by atoms with Crippen molar-refractivity contribution in [3.8, 4) is 0 Å². The van der Waals surface area contributed by atoms with E-state index >= 15 is 0 Å². The van der Waals surface area contributed by atoms with Crippen molar-refractivity contribution in [3.05, 3.63) is 48.0 Å². The molecule has 6 nitrogen and oxygen atoms in total. The summed E-state index contributed by atoms with van der Waals surface area (Å²) in [5.74, 6) is -0.704. The average Bonchev–Trinajstić information content (AvgIpc) is 2.65. The highest BCUT2D eigenvalue weighted by Gasteiger charge is 2.27. The number of rotatable bonds is 11. The second-order valence-corrected chi connectivity index (χ2v) is 6.71. The number of aliphatic carboxylic acids is 1. The van der Waals surface area contributed by atoms with E-state index in [-0.39, 0.29) is 30.9 Å². The molecule has 1 aliphatic rings. The molecule has 0 unspecified atom stereocenters. The molecule has 0 bridgehead atoms. The smallest absolute Gasteiger partial charge is 0.329 e. The predicted octanol–water partition coefficient (Wildman–Crippen LogP) is 2.62. The maximum absolute atomic E-state index is 12.2. The molecule has 2 rings (SSSR count). The lowest BCUT2D eigenvalue weighted by Crippen LogP contribution is -2.43. The number of ketones is 1. The molecule has 0 aliphatic carbocycles. The Morgan fingerprint density at radius 2 is 2.00 bits per heavy atom. The van der Waals surface area contributed by atoms with E-state index in [0.29, 0.717) is 32.2 Å². The summed E-state index contributed by atoms with van der Waals surface area (Å²) in [6.45, 7) is 0.334. The van der Waals surface area contributed by atoms with Crippen molar-refractivity contribution in [1.82, 2.24) is 4.90 Å². The van der Waals surface area contributed by atoms with Gasteiger partial charge in [-0.2, -0.15) is 0 Å². The monoisotopic (exact) mass is 373 g/mol. The van der Waals surface area contributed by atoms with Crippen molar-refractivity contribution in [2.24, 2.45) is 0 Å². The van der Waals surface area contributed by atoms with E-state index in [4.69, 9.17) is 9.84 Å². The molecule has 1 atom stereocenters. The number of carbonyl (C=O) groups is 3. The minimum Gasteiger partial charge on any atom is -0.480 e. The zero-order chi connectivity index (χ0) is 19.5. The van der Waals surface area contributed by atoms with Gasteiger partial charge in [-0.05, 0) is 24.8 Å². The number of benzene rings is 1. The molecule has 0 radical (unpaired) electrons. The molecule has 27 heavy (non-hydrogen) atoms. The normalized spacial score (nSPS) is 17.4. The first-order valence-electron chi connectivity index (χ1n) is 9.36. The molecule has 1 saturated heterocycles. The van der Waals surface area contributed by atoms with Crippen molar-refractivity contribution in [2.45, 2.75) is 44.6 Å². The van der Waals surface area contributed by atoms with Gasteiger partial charge in [0.2, 0.25) is 5.91 Å². The van der Waals surface area contributed by atoms with Crippen LogP contribution in [0.15, 0.2) is 42.5 Å². The van der Waals surface area contributed by atoms with Crippen LogP contribution in [0.4, 0.5) is 0 Å². The predicted molar refractivity (Wildman–Crippen MR) is 101 cm³/mol. The van der Waals surface area contributed by atoms with Gasteiger partial charge in [-0.25, -0.2) is 4.79 Å². The zero-order valence-electron chi connectivity index (χ0n) is 15.5. The van der Waals surface area contributed by atoms with Crippen LogP contribution in [0.2, 0.25) is 0 Å². The molecule has 1 amide bonds. The van der Waals surface area contributed by atoms with Crippen LogP contribution >= 0.6 is 0 Å². The van der Waals surface area contributed by atoms with Gasteiger partial charge in [-0.3, -0.25) is 9.59 Å².